The van der Waals surface area contributed by atoms with Crippen LogP contribution in [-0.2, 0) is 16.0 Å². The quantitative estimate of drug-likeness (QED) is 0.810. The van der Waals surface area contributed by atoms with Crippen LogP contribution in [0.1, 0.15) is 42.9 Å². The van der Waals surface area contributed by atoms with Crippen molar-refractivity contribution in [1.29, 1.82) is 0 Å². The van der Waals surface area contributed by atoms with Crippen molar-refractivity contribution in [1.82, 2.24) is 5.32 Å². The maximum atomic E-state index is 12.6. The molecule has 2 aromatic carbocycles. The first-order valence-electron chi connectivity index (χ1n) is 9.54. The third kappa shape index (κ3) is 4.33. The number of halogens is 1. The lowest BCUT2D eigenvalue weighted by molar-refractivity contribution is -0.121. The largest absolute Gasteiger partial charge is 0.349 e. The van der Waals surface area contributed by atoms with Crippen LogP contribution in [0.2, 0.25) is 5.02 Å². The van der Waals surface area contributed by atoms with Crippen molar-refractivity contribution in [2.24, 2.45) is 5.92 Å². The van der Waals surface area contributed by atoms with E-state index >= 15 is 0 Å². The molecule has 1 unspecified atom stereocenters. The van der Waals surface area contributed by atoms with Gasteiger partial charge in [0, 0.05) is 23.7 Å². The Morgan fingerprint density at radius 2 is 1.81 bits per heavy atom. The van der Waals surface area contributed by atoms with E-state index in [1.165, 1.54) is 0 Å². The SMILES string of the molecule is O=C(Cc1ccc(N2CCCC2=O)cc1)NC(c1ccc(Cl)cc1)C1CC1. The van der Waals surface area contributed by atoms with Crippen molar-refractivity contribution < 1.29 is 9.59 Å². The number of rotatable bonds is 6. The van der Waals surface area contributed by atoms with Gasteiger partial charge in [0.25, 0.3) is 0 Å². The molecule has 1 saturated carbocycles. The molecule has 1 saturated heterocycles. The van der Waals surface area contributed by atoms with E-state index < -0.39 is 0 Å². The second kappa shape index (κ2) is 7.73. The molecule has 2 aromatic rings. The molecule has 1 aliphatic carbocycles. The highest BCUT2D eigenvalue weighted by atomic mass is 35.5. The van der Waals surface area contributed by atoms with Gasteiger partial charge in [-0.15, -0.1) is 0 Å². The fourth-order valence-corrected chi connectivity index (χ4v) is 3.82. The van der Waals surface area contributed by atoms with Gasteiger partial charge in [0.2, 0.25) is 11.8 Å². The molecule has 1 heterocycles. The van der Waals surface area contributed by atoms with Gasteiger partial charge < -0.3 is 10.2 Å². The lowest BCUT2D eigenvalue weighted by Crippen LogP contribution is -2.31. The average Bonchev–Trinajstić information content (AvgIpc) is 3.42. The number of carbonyl (C=O) groups excluding carboxylic acids is 2. The van der Waals surface area contributed by atoms with Crippen LogP contribution in [0, 0.1) is 5.92 Å². The molecular formula is C22H23ClN2O2. The number of carbonyl (C=O) groups is 2. The lowest BCUT2D eigenvalue weighted by Gasteiger charge is -2.19. The first-order chi connectivity index (χ1) is 13.1. The lowest BCUT2D eigenvalue weighted by atomic mass is 10.0. The van der Waals surface area contributed by atoms with Gasteiger partial charge in [0.15, 0.2) is 0 Å². The van der Waals surface area contributed by atoms with Crippen LogP contribution in [-0.4, -0.2) is 18.4 Å². The van der Waals surface area contributed by atoms with Gasteiger partial charge in [-0.3, -0.25) is 9.59 Å². The van der Waals surface area contributed by atoms with Gasteiger partial charge in [-0.2, -0.15) is 0 Å². The van der Waals surface area contributed by atoms with Crippen LogP contribution < -0.4 is 10.2 Å². The fraction of sp³-hybridized carbons (Fsp3) is 0.364. The summed E-state index contributed by atoms with van der Waals surface area (Å²) in [5.41, 5.74) is 2.98. The van der Waals surface area contributed by atoms with Crippen LogP contribution in [0.3, 0.4) is 0 Å². The van der Waals surface area contributed by atoms with E-state index in [1.54, 1.807) is 0 Å². The second-order valence-corrected chi connectivity index (χ2v) is 7.86. The van der Waals surface area contributed by atoms with Crippen molar-refractivity contribution >= 4 is 29.1 Å². The maximum absolute atomic E-state index is 12.6. The molecule has 4 rings (SSSR count). The van der Waals surface area contributed by atoms with E-state index in [0.717, 1.165) is 42.6 Å². The zero-order chi connectivity index (χ0) is 18.8. The summed E-state index contributed by atoms with van der Waals surface area (Å²) in [5, 5.41) is 3.90. The number of hydrogen-bond acceptors (Lipinski definition) is 2. The Kier molecular flexibility index (Phi) is 5.17. The summed E-state index contributed by atoms with van der Waals surface area (Å²) in [7, 11) is 0. The summed E-state index contributed by atoms with van der Waals surface area (Å²) in [5.74, 6) is 0.710. The standard InChI is InChI=1S/C22H23ClN2O2/c23-18-9-7-17(8-10-18)22(16-5-6-16)24-20(26)14-15-3-11-19(12-4-15)25-13-1-2-21(25)27/h3-4,7-12,16,22H,1-2,5-6,13-14H2,(H,24,26). The highest BCUT2D eigenvalue weighted by Gasteiger charge is 2.33. The molecule has 0 spiro atoms. The summed E-state index contributed by atoms with van der Waals surface area (Å²) in [6.07, 6.45) is 4.16. The highest BCUT2D eigenvalue weighted by Crippen LogP contribution is 2.41. The van der Waals surface area contributed by atoms with Gasteiger partial charge in [0.1, 0.15) is 0 Å². The van der Waals surface area contributed by atoms with Gasteiger partial charge in [0.05, 0.1) is 12.5 Å². The Bertz CT molecular complexity index is 828. The first-order valence-corrected chi connectivity index (χ1v) is 9.92. The molecule has 140 valence electrons. The van der Waals surface area contributed by atoms with Crippen molar-refractivity contribution in [2.75, 3.05) is 11.4 Å². The molecule has 2 aliphatic rings. The van der Waals surface area contributed by atoms with Crippen molar-refractivity contribution in [3.05, 3.63) is 64.7 Å². The van der Waals surface area contributed by atoms with Gasteiger partial charge in [-0.25, -0.2) is 0 Å². The van der Waals surface area contributed by atoms with Crippen molar-refractivity contribution in [3.63, 3.8) is 0 Å². The molecule has 5 heteroatoms. The zero-order valence-corrected chi connectivity index (χ0v) is 15.9. The van der Waals surface area contributed by atoms with E-state index in [9.17, 15) is 9.59 Å². The smallest absolute Gasteiger partial charge is 0.227 e. The molecule has 0 aromatic heterocycles. The third-order valence-electron chi connectivity index (χ3n) is 5.33. The Labute approximate surface area is 164 Å². The summed E-state index contributed by atoms with van der Waals surface area (Å²) in [4.78, 5) is 26.2. The van der Waals surface area contributed by atoms with Crippen molar-refractivity contribution in [3.8, 4) is 0 Å². The molecule has 27 heavy (non-hydrogen) atoms. The normalized spacial score (nSPS) is 17.8. The molecule has 1 atom stereocenters. The fourth-order valence-electron chi connectivity index (χ4n) is 3.70. The average molecular weight is 383 g/mol. The maximum Gasteiger partial charge on any atom is 0.227 e. The number of anilines is 1. The Morgan fingerprint density at radius 3 is 2.41 bits per heavy atom. The monoisotopic (exact) mass is 382 g/mol. The Balaban J connectivity index is 1.39. The predicted molar refractivity (Wildman–Crippen MR) is 107 cm³/mol. The summed E-state index contributed by atoms with van der Waals surface area (Å²) in [6.45, 7) is 0.781. The molecular weight excluding hydrogens is 360 g/mol. The minimum Gasteiger partial charge on any atom is -0.349 e. The van der Waals surface area contributed by atoms with Crippen molar-refractivity contribution in [2.45, 2.75) is 38.1 Å². The Hall–Kier alpha value is -2.33. The topological polar surface area (TPSA) is 49.4 Å². The molecule has 1 N–H and O–H groups in total. The molecule has 1 aliphatic heterocycles. The Morgan fingerprint density at radius 1 is 1.11 bits per heavy atom. The number of benzene rings is 2. The van der Waals surface area contributed by atoms with Crippen LogP contribution in [0.25, 0.3) is 0 Å². The van der Waals surface area contributed by atoms with Crippen LogP contribution in [0.15, 0.2) is 48.5 Å². The number of amides is 2. The highest BCUT2D eigenvalue weighted by molar-refractivity contribution is 6.30. The van der Waals surface area contributed by atoms with Crippen LogP contribution in [0.5, 0.6) is 0 Å². The predicted octanol–water partition coefficient (Wildman–Crippen LogP) is 4.28. The summed E-state index contributed by atoms with van der Waals surface area (Å²) < 4.78 is 0. The van der Waals surface area contributed by atoms with Gasteiger partial charge in [-0.1, -0.05) is 35.9 Å². The third-order valence-corrected chi connectivity index (χ3v) is 5.58. The second-order valence-electron chi connectivity index (χ2n) is 7.43. The first kappa shape index (κ1) is 18.1. The van der Waals surface area contributed by atoms with Gasteiger partial charge in [-0.05, 0) is 60.6 Å². The van der Waals surface area contributed by atoms with Crippen LogP contribution >= 0.6 is 11.6 Å². The molecule has 2 amide bonds. The van der Waals surface area contributed by atoms with Gasteiger partial charge >= 0.3 is 0 Å². The van der Waals surface area contributed by atoms with E-state index in [2.05, 4.69) is 5.32 Å². The summed E-state index contributed by atoms with van der Waals surface area (Å²) >= 11 is 5.98. The molecule has 4 nitrogen and oxygen atoms in total. The molecule has 2 fully saturated rings. The number of nitrogens with one attached hydrogen (secondary N) is 1. The molecule has 0 radical (unpaired) electrons. The number of hydrogen-bond donors (Lipinski definition) is 1. The van der Waals surface area contributed by atoms with E-state index in [0.29, 0.717) is 23.8 Å². The minimum absolute atomic E-state index is 0.0202. The van der Waals surface area contributed by atoms with E-state index in [1.807, 2.05) is 53.4 Å². The minimum atomic E-state index is 0.0202. The summed E-state index contributed by atoms with van der Waals surface area (Å²) in [6, 6.07) is 15.5. The number of nitrogens with zero attached hydrogens (tertiary/aromatic N) is 1. The zero-order valence-electron chi connectivity index (χ0n) is 15.2. The molecule has 0 bridgehead atoms. The van der Waals surface area contributed by atoms with Crippen LogP contribution in [0.4, 0.5) is 5.69 Å². The van der Waals surface area contributed by atoms with E-state index in [4.69, 9.17) is 11.6 Å². The van der Waals surface area contributed by atoms with E-state index in [-0.39, 0.29) is 17.9 Å².